The quantitative estimate of drug-likeness (QED) is 0.447. The molecule has 1 atom stereocenters. The van der Waals surface area contributed by atoms with Crippen molar-refractivity contribution < 1.29 is 9.47 Å². The summed E-state index contributed by atoms with van der Waals surface area (Å²) in [5.41, 5.74) is 11.6. The van der Waals surface area contributed by atoms with Gasteiger partial charge < -0.3 is 20.5 Å². The number of methoxy groups -OCH3 is 1. The van der Waals surface area contributed by atoms with Gasteiger partial charge in [0.1, 0.15) is 11.3 Å². The number of nitrogens with two attached hydrogens (primary N) is 1. The molecular weight excluding hydrogens is 430 g/mol. The van der Waals surface area contributed by atoms with Crippen molar-refractivity contribution in [1.82, 2.24) is 24.7 Å². The number of rotatable bonds is 6. The number of hydrogen-bond acceptors (Lipinski definition) is 8. The molecule has 0 aliphatic carbocycles. The lowest BCUT2D eigenvalue weighted by Crippen LogP contribution is -2.27. The third-order valence-corrected chi connectivity index (χ3v) is 6.62. The van der Waals surface area contributed by atoms with E-state index in [1.807, 2.05) is 49.1 Å². The Kier molecular flexibility index (Phi) is 5.57. The summed E-state index contributed by atoms with van der Waals surface area (Å²) in [6, 6.07) is 7.97. The Balaban J connectivity index is 1.58. The molecule has 1 saturated heterocycles. The van der Waals surface area contributed by atoms with Crippen molar-refractivity contribution in [1.29, 1.82) is 0 Å². The van der Waals surface area contributed by atoms with Crippen LogP contribution in [0.1, 0.15) is 19.0 Å². The number of benzene rings is 1. The van der Waals surface area contributed by atoms with E-state index in [9.17, 15) is 0 Å². The number of nitrogen functional groups attached to an aromatic ring is 1. The molecule has 0 saturated carbocycles. The maximum atomic E-state index is 6.16. The number of fused-ring (bicyclic) bond motifs is 1. The predicted octanol–water partition coefficient (Wildman–Crippen LogP) is 3.83. The molecule has 34 heavy (non-hydrogen) atoms. The fourth-order valence-corrected chi connectivity index (χ4v) is 4.39. The highest BCUT2D eigenvalue weighted by Crippen LogP contribution is 2.38. The Bertz CT molecular complexity index is 1360. The third kappa shape index (κ3) is 3.92. The van der Waals surface area contributed by atoms with Crippen LogP contribution < -0.4 is 15.8 Å². The fraction of sp³-hybridized carbons (Fsp3) is 0.360. The van der Waals surface area contributed by atoms with Gasteiger partial charge in [-0.3, -0.25) is 4.68 Å². The molecule has 0 amide bonds. The van der Waals surface area contributed by atoms with Gasteiger partial charge in [0.2, 0.25) is 5.95 Å². The fourth-order valence-electron chi connectivity index (χ4n) is 4.39. The van der Waals surface area contributed by atoms with Crippen molar-refractivity contribution in [2.75, 3.05) is 37.9 Å². The number of nitrogens with zero attached hydrogens (tertiary/aromatic N) is 5. The van der Waals surface area contributed by atoms with Crippen LogP contribution in [0, 0.1) is 12.3 Å². The predicted molar refractivity (Wildman–Crippen MR) is 133 cm³/mol. The van der Waals surface area contributed by atoms with Crippen LogP contribution in [0.5, 0.6) is 5.75 Å². The molecule has 3 aromatic heterocycles. The zero-order valence-corrected chi connectivity index (χ0v) is 19.9. The number of anilines is 2. The lowest BCUT2D eigenvalue weighted by Gasteiger charge is -2.22. The molecule has 176 valence electrons. The number of aromatic nitrogens is 5. The van der Waals surface area contributed by atoms with E-state index in [2.05, 4.69) is 32.3 Å². The minimum atomic E-state index is 0.0642. The van der Waals surface area contributed by atoms with Gasteiger partial charge in [-0.15, -0.1) is 0 Å². The van der Waals surface area contributed by atoms with Crippen molar-refractivity contribution in [3.8, 4) is 28.1 Å². The Morgan fingerprint density at radius 1 is 1.24 bits per heavy atom. The van der Waals surface area contributed by atoms with Crippen LogP contribution >= 0.6 is 0 Å². The van der Waals surface area contributed by atoms with Crippen LogP contribution in [0.2, 0.25) is 0 Å². The van der Waals surface area contributed by atoms with Gasteiger partial charge in [0.25, 0.3) is 0 Å². The summed E-state index contributed by atoms with van der Waals surface area (Å²) in [5, 5.41) is 8.68. The molecule has 1 aromatic carbocycles. The van der Waals surface area contributed by atoms with Crippen molar-refractivity contribution >= 4 is 22.7 Å². The molecule has 9 nitrogen and oxygen atoms in total. The molecule has 9 heteroatoms. The molecule has 1 aliphatic heterocycles. The molecule has 0 radical (unpaired) electrons. The Labute approximate surface area is 198 Å². The highest BCUT2D eigenvalue weighted by atomic mass is 16.5. The number of hydrogen-bond donors (Lipinski definition) is 2. The van der Waals surface area contributed by atoms with E-state index < -0.39 is 0 Å². The molecule has 5 rings (SSSR count). The van der Waals surface area contributed by atoms with Gasteiger partial charge in [0.05, 0.1) is 25.6 Å². The van der Waals surface area contributed by atoms with Gasteiger partial charge in [-0.2, -0.15) is 5.10 Å². The SMILES string of the molecule is COc1cc(-c2cnn(C)c2C)ccc1-c1nc(N)nc2c(NCC3(C)CCOC3)nccc12. The zero-order valence-electron chi connectivity index (χ0n) is 19.9. The maximum Gasteiger partial charge on any atom is 0.221 e. The minimum absolute atomic E-state index is 0.0642. The summed E-state index contributed by atoms with van der Waals surface area (Å²) >= 11 is 0. The first kappa shape index (κ1) is 22.1. The largest absolute Gasteiger partial charge is 0.496 e. The van der Waals surface area contributed by atoms with Crippen LogP contribution in [0.25, 0.3) is 33.3 Å². The Morgan fingerprint density at radius 2 is 2.09 bits per heavy atom. The molecule has 1 fully saturated rings. The summed E-state index contributed by atoms with van der Waals surface area (Å²) in [5.74, 6) is 1.56. The molecule has 4 heterocycles. The van der Waals surface area contributed by atoms with Crippen LogP contribution in [-0.4, -0.2) is 51.6 Å². The van der Waals surface area contributed by atoms with Gasteiger partial charge in [-0.25, -0.2) is 15.0 Å². The maximum absolute atomic E-state index is 6.16. The number of pyridine rings is 1. The summed E-state index contributed by atoms with van der Waals surface area (Å²) in [6.07, 6.45) is 4.63. The molecule has 0 bridgehead atoms. The van der Waals surface area contributed by atoms with Gasteiger partial charge in [0.15, 0.2) is 5.82 Å². The van der Waals surface area contributed by atoms with Crippen molar-refractivity contribution in [2.45, 2.75) is 20.3 Å². The summed E-state index contributed by atoms with van der Waals surface area (Å²) in [4.78, 5) is 13.7. The van der Waals surface area contributed by atoms with Crippen molar-refractivity contribution in [2.24, 2.45) is 12.5 Å². The smallest absolute Gasteiger partial charge is 0.221 e. The van der Waals surface area contributed by atoms with Gasteiger partial charge in [-0.05, 0) is 37.1 Å². The van der Waals surface area contributed by atoms with Crippen molar-refractivity contribution in [3.63, 3.8) is 0 Å². The van der Waals surface area contributed by atoms with Gasteiger partial charge in [-0.1, -0.05) is 13.0 Å². The highest BCUT2D eigenvalue weighted by molar-refractivity contribution is 5.99. The number of ether oxygens (including phenoxy) is 2. The second kappa shape index (κ2) is 8.57. The topological polar surface area (TPSA) is 113 Å². The van der Waals surface area contributed by atoms with Gasteiger partial charge >= 0.3 is 0 Å². The normalized spacial score (nSPS) is 17.9. The average molecular weight is 460 g/mol. The third-order valence-electron chi connectivity index (χ3n) is 6.62. The first-order valence-electron chi connectivity index (χ1n) is 11.3. The number of aryl methyl sites for hydroxylation is 1. The minimum Gasteiger partial charge on any atom is -0.496 e. The molecule has 3 N–H and O–H groups in total. The second-order valence-corrected chi connectivity index (χ2v) is 9.14. The van der Waals surface area contributed by atoms with Gasteiger partial charge in [0, 0.05) is 54.0 Å². The van der Waals surface area contributed by atoms with E-state index in [0.717, 1.165) is 53.9 Å². The average Bonchev–Trinajstić information content (AvgIpc) is 3.42. The summed E-state index contributed by atoms with van der Waals surface area (Å²) in [7, 11) is 3.59. The second-order valence-electron chi connectivity index (χ2n) is 9.14. The van der Waals surface area contributed by atoms with E-state index in [1.54, 1.807) is 13.3 Å². The van der Waals surface area contributed by atoms with E-state index in [1.165, 1.54) is 0 Å². The Hall–Kier alpha value is -3.72. The van der Waals surface area contributed by atoms with E-state index in [-0.39, 0.29) is 11.4 Å². The first-order valence-corrected chi connectivity index (χ1v) is 11.3. The molecule has 4 aromatic rings. The summed E-state index contributed by atoms with van der Waals surface area (Å²) < 4.78 is 13.2. The molecular formula is C25H29N7O2. The number of nitrogens with one attached hydrogen (secondary N) is 1. The summed E-state index contributed by atoms with van der Waals surface area (Å²) in [6.45, 7) is 6.51. The first-order chi connectivity index (χ1) is 16.4. The van der Waals surface area contributed by atoms with E-state index in [0.29, 0.717) is 22.8 Å². The lowest BCUT2D eigenvalue weighted by molar-refractivity contribution is 0.164. The molecule has 1 aliphatic rings. The van der Waals surface area contributed by atoms with Crippen LogP contribution in [0.4, 0.5) is 11.8 Å². The van der Waals surface area contributed by atoms with Crippen LogP contribution in [0.15, 0.2) is 36.7 Å². The van der Waals surface area contributed by atoms with E-state index in [4.69, 9.17) is 15.2 Å². The molecule has 1 unspecified atom stereocenters. The van der Waals surface area contributed by atoms with E-state index >= 15 is 0 Å². The Morgan fingerprint density at radius 3 is 2.79 bits per heavy atom. The van der Waals surface area contributed by atoms with Crippen LogP contribution in [0.3, 0.4) is 0 Å². The molecule has 0 spiro atoms. The lowest BCUT2D eigenvalue weighted by atomic mass is 9.90. The zero-order chi connectivity index (χ0) is 23.9. The highest BCUT2D eigenvalue weighted by Gasteiger charge is 2.30. The van der Waals surface area contributed by atoms with Crippen molar-refractivity contribution in [3.05, 3.63) is 42.4 Å². The standard InChI is InChI=1S/C25H29N7O2/c1-15-19(12-29-32(15)3)16-5-6-17(20(11-16)33-4)21-18-7-9-27-23(22(18)31-24(26)30-21)28-13-25(2)8-10-34-14-25/h5-7,9,11-12H,8,10,13-14H2,1-4H3,(H,27,28)(H2,26,30,31). The monoisotopic (exact) mass is 459 g/mol. The van der Waals surface area contributed by atoms with Crippen LogP contribution in [-0.2, 0) is 11.8 Å².